The largest absolute Gasteiger partial charge is 0.497 e. The van der Waals surface area contributed by atoms with E-state index in [2.05, 4.69) is 56.3 Å². The fourth-order valence-corrected chi connectivity index (χ4v) is 4.47. The predicted octanol–water partition coefficient (Wildman–Crippen LogP) is 5.47. The molecular formula is C20H24O2S. The second-order valence-corrected chi connectivity index (χ2v) is 7.01. The average Bonchev–Trinajstić information content (AvgIpc) is 2.79. The van der Waals surface area contributed by atoms with Crippen LogP contribution in [0.4, 0.5) is 0 Å². The predicted molar refractivity (Wildman–Crippen MR) is 96.4 cm³/mol. The first-order valence-electron chi connectivity index (χ1n) is 8.25. The van der Waals surface area contributed by atoms with E-state index in [4.69, 9.17) is 9.47 Å². The van der Waals surface area contributed by atoms with Crippen LogP contribution in [0.2, 0.25) is 0 Å². The molecule has 0 aliphatic carbocycles. The van der Waals surface area contributed by atoms with Crippen molar-refractivity contribution in [1.82, 2.24) is 0 Å². The highest BCUT2D eigenvalue weighted by Crippen LogP contribution is 2.45. The van der Waals surface area contributed by atoms with Gasteiger partial charge in [0.1, 0.15) is 11.9 Å². The smallest absolute Gasteiger partial charge is 0.120 e. The highest BCUT2D eigenvalue weighted by Gasteiger charge is 2.36. The first kappa shape index (κ1) is 16.4. The van der Waals surface area contributed by atoms with Gasteiger partial charge in [0, 0.05) is 10.6 Å². The molecule has 2 aromatic carbocycles. The molecule has 122 valence electrons. The molecule has 0 saturated carbocycles. The van der Waals surface area contributed by atoms with E-state index in [0.717, 1.165) is 24.3 Å². The molecular weight excluding hydrogens is 304 g/mol. The van der Waals surface area contributed by atoms with Crippen molar-refractivity contribution < 1.29 is 9.47 Å². The number of fused-ring (bicyclic) bond motifs is 1. The molecule has 0 N–H and O–H groups in total. The van der Waals surface area contributed by atoms with Gasteiger partial charge in [0.2, 0.25) is 0 Å². The number of thioether (sulfide) groups is 1. The van der Waals surface area contributed by atoms with Crippen LogP contribution in [-0.4, -0.2) is 18.5 Å². The Morgan fingerprint density at radius 1 is 1.13 bits per heavy atom. The first-order chi connectivity index (χ1) is 11.2. The van der Waals surface area contributed by atoms with Gasteiger partial charge >= 0.3 is 0 Å². The van der Waals surface area contributed by atoms with Crippen molar-refractivity contribution in [2.24, 2.45) is 0 Å². The number of benzene rings is 2. The van der Waals surface area contributed by atoms with Crippen molar-refractivity contribution >= 4 is 11.8 Å². The maximum atomic E-state index is 6.72. The lowest BCUT2D eigenvalue weighted by Gasteiger charge is -2.33. The molecule has 0 aromatic heterocycles. The van der Waals surface area contributed by atoms with Gasteiger partial charge in [-0.2, -0.15) is 0 Å². The van der Waals surface area contributed by atoms with Crippen LogP contribution in [0.25, 0.3) is 0 Å². The summed E-state index contributed by atoms with van der Waals surface area (Å²) in [7, 11) is 1.72. The third-order valence-corrected chi connectivity index (χ3v) is 6.09. The topological polar surface area (TPSA) is 18.5 Å². The van der Waals surface area contributed by atoms with E-state index in [1.54, 1.807) is 7.11 Å². The molecule has 0 radical (unpaired) electrons. The highest BCUT2D eigenvalue weighted by molar-refractivity contribution is 7.99. The Balaban J connectivity index is 2.09. The van der Waals surface area contributed by atoms with E-state index < -0.39 is 0 Å². The monoisotopic (exact) mass is 328 g/mol. The Kier molecular flexibility index (Phi) is 4.98. The minimum atomic E-state index is -0.0859. The molecule has 1 aliphatic heterocycles. The molecule has 0 saturated heterocycles. The zero-order valence-electron chi connectivity index (χ0n) is 14.0. The van der Waals surface area contributed by atoms with Crippen LogP contribution >= 0.6 is 11.8 Å². The van der Waals surface area contributed by atoms with Crippen molar-refractivity contribution in [2.75, 3.05) is 12.9 Å². The van der Waals surface area contributed by atoms with E-state index >= 15 is 0 Å². The molecule has 3 heteroatoms. The van der Waals surface area contributed by atoms with Crippen molar-refractivity contribution in [1.29, 1.82) is 0 Å². The standard InChI is InChI=1S/C20H24O2S/c1-4-20(5-2)14-23-18-13-16(21-3)11-12-17(18)19(22-20)15-9-7-6-8-10-15/h6-13,19H,4-5,14H2,1-3H3. The molecule has 0 bridgehead atoms. The van der Waals surface area contributed by atoms with Gasteiger partial charge in [-0.05, 0) is 36.1 Å². The van der Waals surface area contributed by atoms with Gasteiger partial charge in [0.25, 0.3) is 0 Å². The van der Waals surface area contributed by atoms with Gasteiger partial charge < -0.3 is 9.47 Å². The third-order valence-electron chi connectivity index (χ3n) is 4.75. The van der Waals surface area contributed by atoms with Gasteiger partial charge in [-0.25, -0.2) is 0 Å². The molecule has 2 nitrogen and oxygen atoms in total. The van der Waals surface area contributed by atoms with Crippen molar-refractivity contribution in [2.45, 2.75) is 43.3 Å². The van der Waals surface area contributed by atoms with E-state index in [9.17, 15) is 0 Å². The van der Waals surface area contributed by atoms with E-state index in [-0.39, 0.29) is 11.7 Å². The van der Waals surface area contributed by atoms with Gasteiger partial charge in [-0.3, -0.25) is 0 Å². The maximum Gasteiger partial charge on any atom is 0.120 e. The van der Waals surface area contributed by atoms with Crippen LogP contribution in [-0.2, 0) is 4.74 Å². The molecule has 0 fully saturated rings. The zero-order valence-corrected chi connectivity index (χ0v) is 14.9. The van der Waals surface area contributed by atoms with Crippen molar-refractivity contribution in [3.8, 4) is 5.75 Å². The molecule has 1 unspecified atom stereocenters. The molecule has 2 aromatic rings. The van der Waals surface area contributed by atoms with Crippen LogP contribution in [0.15, 0.2) is 53.4 Å². The molecule has 1 atom stereocenters. The lowest BCUT2D eigenvalue weighted by molar-refractivity contribution is -0.0686. The summed E-state index contributed by atoms with van der Waals surface area (Å²) in [5.74, 6) is 1.88. The van der Waals surface area contributed by atoms with Gasteiger partial charge in [0.05, 0.1) is 12.7 Å². The summed E-state index contributed by atoms with van der Waals surface area (Å²) >= 11 is 1.89. The number of hydrogen-bond acceptors (Lipinski definition) is 3. The van der Waals surface area contributed by atoms with Crippen molar-refractivity contribution in [3.63, 3.8) is 0 Å². The van der Waals surface area contributed by atoms with Crippen LogP contribution in [0.5, 0.6) is 5.75 Å². The lowest BCUT2D eigenvalue weighted by atomic mass is 9.96. The number of methoxy groups -OCH3 is 1. The average molecular weight is 328 g/mol. The minimum Gasteiger partial charge on any atom is -0.497 e. The van der Waals surface area contributed by atoms with Crippen LogP contribution < -0.4 is 4.74 Å². The Hall–Kier alpha value is -1.45. The second-order valence-electron chi connectivity index (χ2n) is 5.99. The highest BCUT2D eigenvalue weighted by atomic mass is 32.2. The molecule has 3 rings (SSSR count). The Labute approximate surface area is 143 Å². The Morgan fingerprint density at radius 2 is 1.87 bits per heavy atom. The minimum absolute atomic E-state index is 0.0213. The summed E-state index contributed by atoms with van der Waals surface area (Å²) in [5, 5.41) is 0. The summed E-state index contributed by atoms with van der Waals surface area (Å²) in [6.45, 7) is 4.45. The van der Waals surface area contributed by atoms with E-state index in [1.165, 1.54) is 16.0 Å². The fourth-order valence-electron chi connectivity index (χ4n) is 3.04. The molecule has 1 aliphatic rings. The summed E-state index contributed by atoms with van der Waals surface area (Å²) in [5.41, 5.74) is 2.37. The second kappa shape index (κ2) is 6.98. The molecule has 0 spiro atoms. The van der Waals surface area contributed by atoms with E-state index in [0.29, 0.717) is 0 Å². The first-order valence-corrected chi connectivity index (χ1v) is 9.23. The fraction of sp³-hybridized carbons (Fsp3) is 0.400. The Morgan fingerprint density at radius 3 is 2.52 bits per heavy atom. The van der Waals surface area contributed by atoms with Crippen molar-refractivity contribution in [3.05, 3.63) is 59.7 Å². The SMILES string of the molecule is CCC1(CC)CSc2cc(OC)ccc2C(c2ccccc2)O1. The van der Waals surface area contributed by atoms with Crippen LogP contribution in [0, 0.1) is 0 Å². The number of rotatable bonds is 4. The summed E-state index contributed by atoms with van der Waals surface area (Å²) in [6, 6.07) is 16.9. The molecule has 1 heterocycles. The van der Waals surface area contributed by atoms with Gasteiger partial charge in [-0.1, -0.05) is 50.2 Å². The lowest BCUT2D eigenvalue weighted by Crippen LogP contribution is -2.34. The summed E-state index contributed by atoms with van der Waals surface area (Å²) in [4.78, 5) is 1.27. The van der Waals surface area contributed by atoms with Crippen LogP contribution in [0.1, 0.15) is 43.9 Å². The molecule has 23 heavy (non-hydrogen) atoms. The van der Waals surface area contributed by atoms with Crippen LogP contribution in [0.3, 0.4) is 0 Å². The Bertz CT molecular complexity index is 650. The zero-order chi connectivity index (χ0) is 16.3. The maximum absolute atomic E-state index is 6.72. The van der Waals surface area contributed by atoms with Gasteiger partial charge in [-0.15, -0.1) is 11.8 Å². The number of ether oxygens (including phenoxy) is 2. The normalized spacial score (nSPS) is 19.7. The molecule has 0 amide bonds. The van der Waals surface area contributed by atoms with Gasteiger partial charge in [0.15, 0.2) is 0 Å². The van der Waals surface area contributed by atoms with E-state index in [1.807, 2.05) is 17.8 Å². The quantitative estimate of drug-likeness (QED) is 0.742. The summed E-state index contributed by atoms with van der Waals surface area (Å²) < 4.78 is 12.1. The third kappa shape index (κ3) is 3.26. The number of hydrogen-bond donors (Lipinski definition) is 0. The summed E-state index contributed by atoms with van der Waals surface area (Å²) in [6.07, 6.45) is 2.02.